The number of likely N-dealkylation sites (tertiary alicyclic amines) is 1. The van der Waals surface area contributed by atoms with E-state index in [2.05, 4.69) is 22.8 Å². The fraction of sp³-hybridized carbons (Fsp3) is 0.579. The van der Waals surface area contributed by atoms with Gasteiger partial charge >= 0.3 is 0 Å². The molecule has 4 rings (SSSR count). The van der Waals surface area contributed by atoms with Crippen LogP contribution in [0.25, 0.3) is 0 Å². The molecule has 0 unspecified atom stereocenters. The maximum absolute atomic E-state index is 12.8. The van der Waals surface area contributed by atoms with E-state index in [1.54, 1.807) is 7.05 Å². The number of ether oxygens (including phenoxy) is 1. The third-order valence-electron chi connectivity index (χ3n) is 5.98. The molecule has 0 aromatic heterocycles. The lowest BCUT2D eigenvalue weighted by Crippen LogP contribution is -2.49. The van der Waals surface area contributed by atoms with Gasteiger partial charge in [0.25, 0.3) is 0 Å². The maximum Gasteiger partial charge on any atom is 0.228 e. The van der Waals surface area contributed by atoms with Gasteiger partial charge in [0.1, 0.15) is 0 Å². The normalized spacial score (nSPS) is 27.4. The predicted octanol–water partition coefficient (Wildman–Crippen LogP) is 0.808. The molecule has 6 nitrogen and oxygen atoms in total. The summed E-state index contributed by atoms with van der Waals surface area (Å²) in [6.07, 6.45) is 2.11. The molecule has 0 aliphatic carbocycles. The van der Waals surface area contributed by atoms with Gasteiger partial charge in [0.15, 0.2) is 0 Å². The van der Waals surface area contributed by atoms with Crippen molar-refractivity contribution in [1.82, 2.24) is 10.2 Å². The summed E-state index contributed by atoms with van der Waals surface area (Å²) in [4.78, 5) is 27.2. The molecular weight excluding hydrogens is 318 g/mol. The third kappa shape index (κ3) is 2.78. The van der Waals surface area contributed by atoms with E-state index in [1.807, 2.05) is 11.0 Å². The first kappa shape index (κ1) is 16.4. The van der Waals surface area contributed by atoms with E-state index in [4.69, 9.17) is 4.74 Å². The highest BCUT2D eigenvalue weighted by Gasteiger charge is 2.54. The zero-order chi connectivity index (χ0) is 17.4. The number of nitrogens with zero attached hydrogens (tertiary/aromatic N) is 1. The van der Waals surface area contributed by atoms with Crippen LogP contribution >= 0.6 is 0 Å². The van der Waals surface area contributed by atoms with Gasteiger partial charge in [-0.05, 0) is 30.0 Å². The van der Waals surface area contributed by atoms with Crippen LogP contribution in [-0.2, 0) is 27.2 Å². The SMILES string of the molecule is CNC(=O)[C@]12CCOC[C@H]1CN(C(=O)Cc1ccc3c(c1)NCC3)C2. The standard InChI is InChI=1S/C19H25N3O3/c1-20-18(24)19-5-7-25-11-15(19)10-22(12-19)17(23)9-13-2-3-14-4-6-21-16(14)8-13/h2-3,8,15,21H,4-7,9-12H2,1H3,(H,20,24)/t15-,19+/m1/s1. The molecule has 0 spiro atoms. The number of nitrogens with one attached hydrogen (secondary N) is 2. The summed E-state index contributed by atoms with van der Waals surface area (Å²) in [5.74, 6) is 0.222. The van der Waals surface area contributed by atoms with Gasteiger partial charge in [-0.25, -0.2) is 0 Å². The van der Waals surface area contributed by atoms with E-state index in [0.29, 0.717) is 39.1 Å². The number of benzene rings is 1. The van der Waals surface area contributed by atoms with Crippen molar-refractivity contribution < 1.29 is 14.3 Å². The zero-order valence-electron chi connectivity index (χ0n) is 14.6. The largest absolute Gasteiger partial charge is 0.384 e. The molecule has 3 heterocycles. The molecule has 2 fully saturated rings. The lowest BCUT2D eigenvalue weighted by atomic mass is 9.73. The first-order chi connectivity index (χ1) is 12.1. The second-order valence-electron chi connectivity index (χ2n) is 7.38. The molecule has 25 heavy (non-hydrogen) atoms. The maximum atomic E-state index is 12.8. The van der Waals surface area contributed by atoms with Gasteiger partial charge in [-0.2, -0.15) is 0 Å². The van der Waals surface area contributed by atoms with E-state index in [9.17, 15) is 9.59 Å². The van der Waals surface area contributed by atoms with Crippen molar-refractivity contribution in [3.8, 4) is 0 Å². The average molecular weight is 343 g/mol. The van der Waals surface area contributed by atoms with E-state index in [0.717, 1.165) is 24.2 Å². The van der Waals surface area contributed by atoms with Crippen LogP contribution in [0.3, 0.4) is 0 Å². The lowest BCUT2D eigenvalue weighted by molar-refractivity contribution is -0.139. The van der Waals surface area contributed by atoms with Crippen LogP contribution in [0, 0.1) is 11.3 Å². The highest BCUT2D eigenvalue weighted by molar-refractivity contribution is 5.86. The molecule has 0 radical (unpaired) electrons. The molecule has 0 saturated carbocycles. The number of carbonyl (C=O) groups excluding carboxylic acids is 2. The Morgan fingerprint density at radius 3 is 3.16 bits per heavy atom. The number of amides is 2. The first-order valence-corrected chi connectivity index (χ1v) is 9.06. The summed E-state index contributed by atoms with van der Waals surface area (Å²) in [7, 11) is 1.67. The molecule has 2 N–H and O–H groups in total. The second-order valence-corrected chi connectivity index (χ2v) is 7.38. The molecule has 6 heteroatoms. The number of hydrogen-bond donors (Lipinski definition) is 2. The van der Waals surface area contributed by atoms with Crippen LogP contribution in [0.15, 0.2) is 18.2 Å². The van der Waals surface area contributed by atoms with Gasteiger partial charge in [0, 0.05) is 44.9 Å². The monoisotopic (exact) mass is 343 g/mol. The molecule has 2 amide bonds. The number of fused-ring (bicyclic) bond motifs is 2. The molecule has 1 aromatic rings. The van der Waals surface area contributed by atoms with Crippen LogP contribution < -0.4 is 10.6 Å². The van der Waals surface area contributed by atoms with E-state index >= 15 is 0 Å². The van der Waals surface area contributed by atoms with Crippen molar-refractivity contribution in [3.63, 3.8) is 0 Å². The Hall–Kier alpha value is -2.08. The molecular formula is C19H25N3O3. The van der Waals surface area contributed by atoms with Crippen molar-refractivity contribution in [1.29, 1.82) is 0 Å². The summed E-state index contributed by atoms with van der Waals surface area (Å²) in [5.41, 5.74) is 3.01. The number of rotatable bonds is 3. The van der Waals surface area contributed by atoms with Gasteiger partial charge in [-0.15, -0.1) is 0 Å². The highest BCUT2D eigenvalue weighted by atomic mass is 16.5. The van der Waals surface area contributed by atoms with Crippen molar-refractivity contribution in [2.45, 2.75) is 19.3 Å². The summed E-state index contributed by atoms with van der Waals surface area (Å²) >= 11 is 0. The lowest BCUT2D eigenvalue weighted by Gasteiger charge is -2.36. The van der Waals surface area contributed by atoms with E-state index in [1.165, 1.54) is 5.56 Å². The molecule has 0 bridgehead atoms. The summed E-state index contributed by atoms with van der Waals surface area (Å²) < 4.78 is 5.57. The Morgan fingerprint density at radius 2 is 2.32 bits per heavy atom. The third-order valence-corrected chi connectivity index (χ3v) is 5.98. The van der Waals surface area contributed by atoms with Gasteiger partial charge < -0.3 is 20.3 Å². The van der Waals surface area contributed by atoms with Gasteiger partial charge in [-0.3, -0.25) is 9.59 Å². The fourth-order valence-electron chi connectivity index (χ4n) is 4.49. The second kappa shape index (κ2) is 6.33. The fourth-order valence-corrected chi connectivity index (χ4v) is 4.49. The summed E-state index contributed by atoms with van der Waals surface area (Å²) in [5, 5.41) is 6.15. The minimum absolute atomic E-state index is 0.0397. The van der Waals surface area contributed by atoms with Crippen LogP contribution in [-0.4, -0.2) is 56.6 Å². The molecule has 1 aromatic carbocycles. The average Bonchev–Trinajstić information content (AvgIpc) is 3.25. The number of hydrogen-bond acceptors (Lipinski definition) is 4. The molecule has 3 aliphatic heterocycles. The number of carbonyl (C=O) groups is 2. The molecule has 134 valence electrons. The predicted molar refractivity (Wildman–Crippen MR) is 94.3 cm³/mol. The summed E-state index contributed by atoms with van der Waals surface area (Å²) in [6.45, 7) is 3.22. The topological polar surface area (TPSA) is 70.7 Å². The van der Waals surface area contributed by atoms with Gasteiger partial charge in [-0.1, -0.05) is 12.1 Å². The van der Waals surface area contributed by atoms with Crippen LogP contribution in [0.2, 0.25) is 0 Å². The van der Waals surface area contributed by atoms with Gasteiger partial charge in [0.05, 0.1) is 18.4 Å². The quantitative estimate of drug-likeness (QED) is 0.852. The van der Waals surface area contributed by atoms with Crippen molar-refractivity contribution >= 4 is 17.5 Å². The minimum Gasteiger partial charge on any atom is -0.384 e. The Bertz CT molecular complexity index is 705. The Labute approximate surface area is 147 Å². The smallest absolute Gasteiger partial charge is 0.228 e. The Morgan fingerprint density at radius 1 is 1.44 bits per heavy atom. The first-order valence-electron chi connectivity index (χ1n) is 9.06. The Kier molecular flexibility index (Phi) is 4.15. The number of anilines is 1. The van der Waals surface area contributed by atoms with E-state index < -0.39 is 5.41 Å². The van der Waals surface area contributed by atoms with Crippen LogP contribution in [0.1, 0.15) is 17.5 Å². The molecule has 3 aliphatic rings. The summed E-state index contributed by atoms with van der Waals surface area (Å²) in [6, 6.07) is 6.24. The van der Waals surface area contributed by atoms with E-state index in [-0.39, 0.29) is 17.7 Å². The highest BCUT2D eigenvalue weighted by Crippen LogP contribution is 2.42. The Balaban J connectivity index is 1.48. The van der Waals surface area contributed by atoms with Crippen molar-refractivity contribution in [3.05, 3.63) is 29.3 Å². The zero-order valence-corrected chi connectivity index (χ0v) is 14.6. The van der Waals surface area contributed by atoms with Crippen LogP contribution in [0.5, 0.6) is 0 Å². The van der Waals surface area contributed by atoms with Crippen molar-refractivity contribution in [2.75, 3.05) is 45.2 Å². The molecule has 2 saturated heterocycles. The minimum atomic E-state index is -0.484. The van der Waals surface area contributed by atoms with Gasteiger partial charge in [0.2, 0.25) is 11.8 Å². The molecule has 2 atom stereocenters. The van der Waals surface area contributed by atoms with Crippen molar-refractivity contribution in [2.24, 2.45) is 11.3 Å². The van der Waals surface area contributed by atoms with Crippen LogP contribution in [0.4, 0.5) is 5.69 Å².